The Hall–Kier alpha value is -3.10. The van der Waals surface area contributed by atoms with Crippen LogP contribution in [-0.2, 0) is 9.59 Å². The third-order valence-corrected chi connectivity index (χ3v) is 3.37. The number of amides is 2. The van der Waals surface area contributed by atoms with Gasteiger partial charge in [0.15, 0.2) is 5.96 Å². The number of aliphatic carboxylic acids is 1. The Morgan fingerprint density at radius 1 is 1.20 bits per heavy atom. The molecular formula is C16H23N5O4. The first kappa shape index (κ1) is 19.9. The van der Waals surface area contributed by atoms with E-state index in [1.54, 1.807) is 30.3 Å². The van der Waals surface area contributed by atoms with Gasteiger partial charge in [-0.2, -0.15) is 0 Å². The molecule has 0 saturated carbocycles. The smallest absolute Gasteiger partial charge is 0.325 e. The number of carboxylic acids is 1. The van der Waals surface area contributed by atoms with E-state index < -0.39 is 29.9 Å². The van der Waals surface area contributed by atoms with Crippen LogP contribution in [0.15, 0.2) is 30.3 Å². The molecule has 2 atom stereocenters. The van der Waals surface area contributed by atoms with Crippen molar-refractivity contribution in [2.45, 2.75) is 31.8 Å². The van der Waals surface area contributed by atoms with E-state index in [-0.39, 0.29) is 12.4 Å². The van der Waals surface area contributed by atoms with Crippen LogP contribution in [0.1, 0.15) is 30.1 Å². The van der Waals surface area contributed by atoms with Crippen molar-refractivity contribution < 1.29 is 19.5 Å². The number of hydrogen-bond acceptors (Lipinski definition) is 4. The summed E-state index contributed by atoms with van der Waals surface area (Å²) in [4.78, 5) is 35.4. The van der Waals surface area contributed by atoms with Crippen LogP contribution in [0.25, 0.3) is 0 Å². The van der Waals surface area contributed by atoms with E-state index >= 15 is 0 Å². The highest BCUT2D eigenvalue weighted by Gasteiger charge is 2.24. The summed E-state index contributed by atoms with van der Waals surface area (Å²) in [6.45, 7) is 1.70. The molecule has 7 N–H and O–H groups in total. The van der Waals surface area contributed by atoms with Crippen LogP contribution in [-0.4, -0.2) is 47.5 Å². The first-order valence-corrected chi connectivity index (χ1v) is 7.78. The maximum atomic E-state index is 12.3. The summed E-state index contributed by atoms with van der Waals surface area (Å²) in [5.74, 6) is -2.36. The zero-order valence-electron chi connectivity index (χ0n) is 13.9. The number of carbonyl (C=O) groups is 3. The summed E-state index contributed by atoms with van der Waals surface area (Å²) in [5, 5.41) is 23.5. The number of carboxylic acid groups (broad SMARTS) is 1. The molecule has 136 valence electrons. The number of guanidine groups is 1. The predicted octanol–water partition coefficient (Wildman–Crippen LogP) is -0.362. The lowest BCUT2D eigenvalue weighted by molar-refractivity contribution is -0.141. The Balaban J connectivity index is 2.72. The second kappa shape index (κ2) is 9.91. The van der Waals surface area contributed by atoms with Crippen molar-refractivity contribution in [1.82, 2.24) is 16.0 Å². The van der Waals surface area contributed by atoms with Crippen molar-refractivity contribution in [2.75, 3.05) is 6.54 Å². The zero-order valence-corrected chi connectivity index (χ0v) is 13.9. The van der Waals surface area contributed by atoms with Crippen LogP contribution < -0.4 is 21.7 Å². The molecular weight excluding hydrogens is 327 g/mol. The first-order valence-electron chi connectivity index (χ1n) is 7.78. The summed E-state index contributed by atoms with van der Waals surface area (Å²) < 4.78 is 0. The molecule has 0 fully saturated rings. The summed E-state index contributed by atoms with van der Waals surface area (Å²) in [6, 6.07) is 6.43. The average Bonchev–Trinajstić information content (AvgIpc) is 2.57. The largest absolute Gasteiger partial charge is 0.480 e. The fourth-order valence-electron chi connectivity index (χ4n) is 2.00. The normalized spacial score (nSPS) is 12.5. The van der Waals surface area contributed by atoms with E-state index in [2.05, 4.69) is 16.0 Å². The Labute approximate surface area is 145 Å². The van der Waals surface area contributed by atoms with E-state index in [0.29, 0.717) is 18.5 Å². The third kappa shape index (κ3) is 7.34. The molecule has 9 heteroatoms. The van der Waals surface area contributed by atoms with Gasteiger partial charge < -0.3 is 26.8 Å². The highest BCUT2D eigenvalue weighted by atomic mass is 16.4. The molecule has 2 amide bonds. The number of carbonyl (C=O) groups excluding carboxylic acids is 2. The first-order chi connectivity index (χ1) is 11.8. The van der Waals surface area contributed by atoms with Gasteiger partial charge in [-0.15, -0.1) is 0 Å². The topological polar surface area (TPSA) is 157 Å². The second-order valence-electron chi connectivity index (χ2n) is 5.44. The predicted molar refractivity (Wildman–Crippen MR) is 92.1 cm³/mol. The molecule has 25 heavy (non-hydrogen) atoms. The Morgan fingerprint density at radius 2 is 1.84 bits per heavy atom. The quantitative estimate of drug-likeness (QED) is 0.154. The molecule has 1 aromatic rings. The van der Waals surface area contributed by atoms with Gasteiger partial charge in [0.25, 0.3) is 5.91 Å². The molecule has 0 aliphatic heterocycles. The fraction of sp³-hybridized carbons (Fsp3) is 0.375. The molecule has 0 aliphatic carbocycles. The minimum absolute atomic E-state index is 0.186. The molecule has 1 aromatic carbocycles. The van der Waals surface area contributed by atoms with E-state index in [1.807, 2.05) is 0 Å². The van der Waals surface area contributed by atoms with Crippen molar-refractivity contribution in [1.29, 1.82) is 5.41 Å². The summed E-state index contributed by atoms with van der Waals surface area (Å²) in [6.07, 6.45) is 0.714. The van der Waals surface area contributed by atoms with Gasteiger partial charge in [0.1, 0.15) is 12.1 Å². The van der Waals surface area contributed by atoms with Crippen molar-refractivity contribution in [3.05, 3.63) is 35.9 Å². The van der Waals surface area contributed by atoms with Crippen LogP contribution in [0, 0.1) is 5.41 Å². The van der Waals surface area contributed by atoms with Crippen molar-refractivity contribution in [3.63, 3.8) is 0 Å². The zero-order chi connectivity index (χ0) is 18.8. The van der Waals surface area contributed by atoms with Crippen LogP contribution in [0.4, 0.5) is 0 Å². The van der Waals surface area contributed by atoms with Gasteiger partial charge in [-0.3, -0.25) is 19.8 Å². The Kier molecular flexibility index (Phi) is 7.91. The maximum absolute atomic E-state index is 12.3. The molecule has 9 nitrogen and oxygen atoms in total. The molecule has 0 unspecified atom stereocenters. The third-order valence-electron chi connectivity index (χ3n) is 3.37. The van der Waals surface area contributed by atoms with Crippen molar-refractivity contribution >= 4 is 23.7 Å². The van der Waals surface area contributed by atoms with Crippen LogP contribution >= 0.6 is 0 Å². The number of nitrogens with one attached hydrogen (secondary N) is 4. The van der Waals surface area contributed by atoms with Crippen LogP contribution in [0.2, 0.25) is 0 Å². The van der Waals surface area contributed by atoms with Gasteiger partial charge >= 0.3 is 5.97 Å². The Morgan fingerprint density at radius 3 is 2.40 bits per heavy atom. The van der Waals surface area contributed by atoms with Crippen LogP contribution in [0.5, 0.6) is 0 Å². The highest BCUT2D eigenvalue weighted by molar-refractivity contribution is 5.98. The number of benzene rings is 1. The molecule has 0 heterocycles. The van der Waals surface area contributed by atoms with Gasteiger partial charge in [-0.25, -0.2) is 0 Å². The number of nitrogens with two attached hydrogens (primary N) is 1. The van der Waals surface area contributed by atoms with Crippen LogP contribution in [0.3, 0.4) is 0 Å². The standard InChI is InChI=1S/C16H23N5O4/c1-10(15(24)25)20-14(23)12(8-5-9-19-16(17)18)21-13(22)11-6-3-2-4-7-11/h2-4,6-7,10,12H,5,8-9H2,1H3,(H,20,23)(H,21,22)(H,24,25)(H4,17,18,19)/t10-,12-/m0/s1/i14+1. The monoisotopic (exact) mass is 350 g/mol. The molecule has 0 spiro atoms. The summed E-state index contributed by atoms with van der Waals surface area (Å²) in [7, 11) is 0. The van der Waals surface area contributed by atoms with Crippen molar-refractivity contribution in [3.8, 4) is 0 Å². The maximum Gasteiger partial charge on any atom is 0.325 e. The lowest BCUT2D eigenvalue weighted by Gasteiger charge is -2.20. The fourth-order valence-corrected chi connectivity index (χ4v) is 2.00. The molecule has 0 radical (unpaired) electrons. The van der Waals surface area contributed by atoms with E-state index in [0.717, 1.165) is 0 Å². The van der Waals surface area contributed by atoms with E-state index in [1.165, 1.54) is 6.92 Å². The van der Waals surface area contributed by atoms with E-state index in [4.69, 9.17) is 16.2 Å². The minimum Gasteiger partial charge on any atom is -0.480 e. The van der Waals surface area contributed by atoms with Gasteiger partial charge in [-0.05, 0) is 31.9 Å². The highest BCUT2D eigenvalue weighted by Crippen LogP contribution is 2.03. The lowest BCUT2D eigenvalue weighted by atomic mass is 10.1. The minimum atomic E-state index is -1.17. The molecule has 0 saturated heterocycles. The number of rotatable bonds is 9. The molecule has 0 aliphatic rings. The summed E-state index contributed by atoms with van der Waals surface area (Å²) in [5.41, 5.74) is 5.58. The molecule has 0 aromatic heterocycles. The van der Waals surface area contributed by atoms with E-state index in [9.17, 15) is 14.4 Å². The van der Waals surface area contributed by atoms with Gasteiger partial charge in [-0.1, -0.05) is 18.2 Å². The molecule has 0 bridgehead atoms. The SMILES string of the molecule is C[C@H](N[13C](=O)[C@H](CCCNC(=N)N)NC(=O)c1ccccc1)C(=O)O. The number of hydrogen-bond donors (Lipinski definition) is 6. The summed E-state index contributed by atoms with van der Waals surface area (Å²) >= 11 is 0. The van der Waals surface area contributed by atoms with Crippen molar-refractivity contribution in [2.24, 2.45) is 5.73 Å². The Bertz CT molecular complexity index is 620. The van der Waals surface area contributed by atoms with Gasteiger partial charge in [0.2, 0.25) is 5.91 Å². The average molecular weight is 350 g/mol. The second-order valence-corrected chi connectivity index (χ2v) is 5.44. The van der Waals surface area contributed by atoms with Gasteiger partial charge in [0.05, 0.1) is 0 Å². The van der Waals surface area contributed by atoms with Gasteiger partial charge in [0, 0.05) is 12.1 Å². The molecule has 1 rings (SSSR count). The lowest BCUT2D eigenvalue weighted by Crippen LogP contribution is -2.51.